The molecule has 0 unspecified atom stereocenters. The summed E-state index contributed by atoms with van der Waals surface area (Å²) in [5, 5.41) is 8.41. The van der Waals surface area contributed by atoms with Crippen LogP contribution in [0.1, 0.15) is 5.56 Å². The van der Waals surface area contributed by atoms with E-state index in [2.05, 4.69) is 37.3 Å². The van der Waals surface area contributed by atoms with Crippen LogP contribution >= 0.6 is 0 Å². The molecule has 0 aliphatic carbocycles. The zero-order valence-electron chi connectivity index (χ0n) is 22.5. The maximum absolute atomic E-state index is 13.2. The molecule has 2 N–H and O–H groups in total. The SMILES string of the molecule is O=S(=O)(c1ccccc1)n1ccc2cc(Nc3ncnc4ccc(C#CCNCCN5CCOCC5)cc34)ccc21. The van der Waals surface area contributed by atoms with Crippen LogP contribution in [0.15, 0.2) is 90.2 Å². The first-order valence-corrected chi connectivity index (χ1v) is 15.0. The van der Waals surface area contributed by atoms with Crippen molar-refractivity contribution in [1.82, 2.24) is 24.2 Å². The molecule has 3 aromatic carbocycles. The fourth-order valence-corrected chi connectivity index (χ4v) is 6.21. The summed E-state index contributed by atoms with van der Waals surface area (Å²) in [4.78, 5) is 11.5. The molecule has 1 aliphatic heterocycles. The summed E-state index contributed by atoms with van der Waals surface area (Å²) in [7, 11) is -3.69. The van der Waals surface area contributed by atoms with Gasteiger partial charge in [0.15, 0.2) is 0 Å². The van der Waals surface area contributed by atoms with Gasteiger partial charge in [0.25, 0.3) is 10.0 Å². The molecule has 0 saturated carbocycles. The molecule has 6 rings (SSSR count). The van der Waals surface area contributed by atoms with Crippen LogP contribution in [0.3, 0.4) is 0 Å². The normalized spacial score (nSPS) is 14.1. The fourth-order valence-electron chi connectivity index (χ4n) is 4.84. The van der Waals surface area contributed by atoms with Crippen LogP contribution in [0, 0.1) is 11.8 Å². The van der Waals surface area contributed by atoms with Gasteiger partial charge in [0.2, 0.25) is 0 Å². The minimum absolute atomic E-state index is 0.245. The molecular formula is C31H30N6O3S. The minimum atomic E-state index is -3.69. The molecule has 0 bridgehead atoms. The summed E-state index contributed by atoms with van der Waals surface area (Å²) >= 11 is 0. The van der Waals surface area contributed by atoms with Gasteiger partial charge in [-0.2, -0.15) is 0 Å². The first kappa shape index (κ1) is 26.9. The Kier molecular flexibility index (Phi) is 7.93. The van der Waals surface area contributed by atoms with Crippen LogP contribution in [0.5, 0.6) is 0 Å². The topological polar surface area (TPSA) is 101 Å². The molecule has 208 valence electrons. The van der Waals surface area contributed by atoms with E-state index < -0.39 is 10.0 Å². The Morgan fingerprint density at radius 3 is 2.66 bits per heavy atom. The maximum atomic E-state index is 13.2. The van der Waals surface area contributed by atoms with Crippen molar-refractivity contribution in [2.75, 3.05) is 51.3 Å². The first-order valence-electron chi connectivity index (χ1n) is 13.5. The van der Waals surface area contributed by atoms with E-state index >= 15 is 0 Å². The summed E-state index contributed by atoms with van der Waals surface area (Å²) < 4.78 is 33.0. The van der Waals surface area contributed by atoms with Gasteiger partial charge < -0.3 is 15.4 Å². The van der Waals surface area contributed by atoms with Gasteiger partial charge in [-0.15, -0.1) is 0 Å². The van der Waals surface area contributed by atoms with Crippen LogP contribution in [-0.4, -0.2) is 73.2 Å². The van der Waals surface area contributed by atoms with Crippen molar-refractivity contribution in [3.05, 3.63) is 90.9 Å². The number of fused-ring (bicyclic) bond motifs is 2. The number of hydrogen-bond acceptors (Lipinski definition) is 8. The van der Waals surface area contributed by atoms with Gasteiger partial charge in [0, 0.05) is 54.4 Å². The first-order chi connectivity index (χ1) is 20.1. The van der Waals surface area contributed by atoms with E-state index in [9.17, 15) is 8.42 Å². The average Bonchev–Trinajstić information content (AvgIpc) is 3.44. The summed E-state index contributed by atoms with van der Waals surface area (Å²) in [6.45, 7) is 6.08. The lowest BCUT2D eigenvalue weighted by molar-refractivity contribution is 0.0385. The maximum Gasteiger partial charge on any atom is 0.268 e. The van der Waals surface area contributed by atoms with Crippen LogP contribution < -0.4 is 10.6 Å². The average molecular weight is 567 g/mol. The van der Waals surface area contributed by atoms with Gasteiger partial charge in [0.05, 0.1) is 35.7 Å². The number of anilines is 2. The van der Waals surface area contributed by atoms with E-state index in [0.29, 0.717) is 17.9 Å². The van der Waals surface area contributed by atoms with Gasteiger partial charge in [-0.05, 0) is 54.6 Å². The van der Waals surface area contributed by atoms with E-state index in [1.807, 2.05) is 30.3 Å². The highest BCUT2D eigenvalue weighted by Crippen LogP contribution is 2.28. The predicted molar refractivity (Wildman–Crippen MR) is 161 cm³/mol. The molecule has 10 heteroatoms. The smallest absolute Gasteiger partial charge is 0.268 e. The second-order valence-electron chi connectivity index (χ2n) is 9.72. The number of aromatic nitrogens is 3. The van der Waals surface area contributed by atoms with Crippen LogP contribution in [0.4, 0.5) is 11.5 Å². The Labute approximate surface area is 239 Å². The molecule has 5 aromatic rings. The second-order valence-corrected chi connectivity index (χ2v) is 11.5. The van der Waals surface area contributed by atoms with Crippen molar-refractivity contribution in [2.24, 2.45) is 0 Å². The van der Waals surface area contributed by atoms with E-state index in [1.54, 1.807) is 48.7 Å². The van der Waals surface area contributed by atoms with Crippen LogP contribution in [0.25, 0.3) is 21.8 Å². The van der Waals surface area contributed by atoms with Crippen molar-refractivity contribution in [3.63, 3.8) is 0 Å². The number of nitrogens with one attached hydrogen (secondary N) is 2. The van der Waals surface area contributed by atoms with Crippen molar-refractivity contribution < 1.29 is 13.2 Å². The highest BCUT2D eigenvalue weighted by Gasteiger charge is 2.18. The van der Waals surface area contributed by atoms with Gasteiger partial charge in [0.1, 0.15) is 12.1 Å². The third-order valence-corrected chi connectivity index (χ3v) is 8.71. The molecule has 1 fully saturated rings. The summed E-state index contributed by atoms with van der Waals surface area (Å²) in [6.07, 6.45) is 3.11. The largest absolute Gasteiger partial charge is 0.379 e. The van der Waals surface area contributed by atoms with E-state index in [-0.39, 0.29) is 4.90 Å². The van der Waals surface area contributed by atoms with Gasteiger partial charge in [-0.3, -0.25) is 4.90 Å². The molecule has 0 amide bonds. The minimum Gasteiger partial charge on any atom is -0.379 e. The van der Waals surface area contributed by atoms with Crippen LogP contribution in [-0.2, 0) is 14.8 Å². The number of hydrogen-bond donors (Lipinski definition) is 2. The van der Waals surface area contributed by atoms with E-state index in [0.717, 1.165) is 66.9 Å². The number of rotatable bonds is 8. The molecule has 2 aromatic heterocycles. The van der Waals surface area contributed by atoms with Gasteiger partial charge in [-0.25, -0.2) is 22.4 Å². The molecule has 0 spiro atoms. The van der Waals surface area contributed by atoms with Crippen molar-refractivity contribution in [1.29, 1.82) is 0 Å². The number of morpholine rings is 1. The van der Waals surface area contributed by atoms with Gasteiger partial charge in [-0.1, -0.05) is 30.0 Å². The zero-order valence-corrected chi connectivity index (χ0v) is 23.3. The van der Waals surface area contributed by atoms with Crippen molar-refractivity contribution >= 4 is 43.3 Å². The van der Waals surface area contributed by atoms with Crippen LogP contribution in [0.2, 0.25) is 0 Å². The molecule has 1 aliphatic rings. The summed E-state index contributed by atoms with van der Waals surface area (Å²) in [6, 6.07) is 21.7. The Balaban J connectivity index is 1.16. The fraction of sp³-hybridized carbons (Fsp3) is 0.226. The lowest BCUT2D eigenvalue weighted by Gasteiger charge is -2.26. The molecule has 3 heterocycles. The third kappa shape index (κ3) is 6.09. The van der Waals surface area contributed by atoms with E-state index in [4.69, 9.17) is 4.74 Å². The Hall–Kier alpha value is -4.27. The number of nitrogens with zero attached hydrogens (tertiary/aromatic N) is 4. The summed E-state index contributed by atoms with van der Waals surface area (Å²) in [5.74, 6) is 7.09. The lowest BCUT2D eigenvalue weighted by atomic mass is 10.1. The number of benzene rings is 3. The monoisotopic (exact) mass is 566 g/mol. The molecule has 0 atom stereocenters. The number of ether oxygens (including phenoxy) is 1. The predicted octanol–water partition coefficient (Wildman–Crippen LogP) is 3.84. The second kappa shape index (κ2) is 12.1. The summed E-state index contributed by atoms with van der Waals surface area (Å²) in [5.41, 5.74) is 3.07. The molecule has 1 saturated heterocycles. The Morgan fingerprint density at radius 2 is 1.80 bits per heavy atom. The van der Waals surface area contributed by atoms with Crippen molar-refractivity contribution in [3.8, 4) is 11.8 Å². The Bertz CT molecular complexity index is 1840. The van der Waals surface area contributed by atoms with Gasteiger partial charge >= 0.3 is 0 Å². The Morgan fingerprint density at radius 1 is 0.951 bits per heavy atom. The highest BCUT2D eigenvalue weighted by atomic mass is 32.2. The lowest BCUT2D eigenvalue weighted by Crippen LogP contribution is -2.40. The highest BCUT2D eigenvalue weighted by molar-refractivity contribution is 7.90. The molecular weight excluding hydrogens is 536 g/mol. The molecule has 41 heavy (non-hydrogen) atoms. The standard InChI is InChI=1S/C31H30N6O3S/c38-41(39,27-6-2-1-3-7-27)37-15-12-25-22-26(9-11-30(25)37)35-31-28-21-24(8-10-29(28)33-23-34-31)5-4-13-32-14-16-36-17-19-40-20-18-36/h1-3,6-12,15,21-23,32H,13-14,16-20H2,(H,33,34,35). The molecule has 9 nitrogen and oxygen atoms in total. The van der Waals surface area contributed by atoms with Crippen molar-refractivity contribution in [2.45, 2.75) is 4.90 Å². The van der Waals surface area contributed by atoms with E-state index in [1.165, 1.54) is 10.3 Å². The third-order valence-electron chi connectivity index (χ3n) is 7.01. The quantitative estimate of drug-likeness (QED) is 0.216. The molecule has 0 radical (unpaired) electrons. The zero-order chi connectivity index (χ0) is 28.1.